The molecule has 4 rings (SSSR count). The van der Waals surface area contributed by atoms with Crippen LogP contribution in [-0.2, 0) is 4.79 Å². The average molecular weight is 364 g/mol. The van der Waals surface area contributed by atoms with Crippen LogP contribution in [0.15, 0.2) is 60.7 Å². The first-order chi connectivity index (χ1) is 13.3. The molecule has 1 N–H and O–H groups in total. The lowest BCUT2D eigenvalue weighted by Gasteiger charge is -2.41. The van der Waals surface area contributed by atoms with E-state index in [-0.39, 0.29) is 12.0 Å². The Labute approximate surface area is 162 Å². The monoisotopic (exact) mass is 363 g/mol. The van der Waals surface area contributed by atoms with Crippen molar-refractivity contribution >= 4 is 5.91 Å². The number of carbonyl (C=O) groups is 1. The van der Waals surface area contributed by atoms with E-state index in [4.69, 9.17) is 0 Å². The van der Waals surface area contributed by atoms with Crippen LogP contribution in [0.2, 0.25) is 0 Å². The van der Waals surface area contributed by atoms with Gasteiger partial charge in [-0.05, 0) is 30.5 Å². The highest BCUT2D eigenvalue weighted by Crippen LogP contribution is 2.29. The first-order valence-electron chi connectivity index (χ1n) is 10.2. The van der Waals surface area contributed by atoms with Crippen molar-refractivity contribution in [2.45, 2.75) is 18.9 Å². The molecule has 2 aromatic carbocycles. The third-order valence-corrected chi connectivity index (χ3v) is 5.87. The van der Waals surface area contributed by atoms with Crippen LogP contribution < -0.4 is 5.32 Å². The molecule has 1 unspecified atom stereocenters. The zero-order chi connectivity index (χ0) is 18.5. The number of piperidine rings is 1. The van der Waals surface area contributed by atoms with Crippen LogP contribution in [-0.4, -0.2) is 55.0 Å². The predicted octanol–water partition coefficient (Wildman–Crippen LogP) is 2.92. The van der Waals surface area contributed by atoms with E-state index < -0.39 is 0 Å². The second kappa shape index (κ2) is 8.68. The normalized spacial score (nSPS) is 21.4. The van der Waals surface area contributed by atoms with Crippen LogP contribution in [0.3, 0.4) is 0 Å². The molecule has 2 aromatic rings. The SMILES string of the molecule is O=C(C1CCCNC1)N1CCN(C(c2ccccc2)c2ccccc2)CC1. The highest BCUT2D eigenvalue weighted by Gasteiger charge is 2.31. The molecule has 1 atom stereocenters. The van der Waals surface area contributed by atoms with E-state index >= 15 is 0 Å². The van der Waals surface area contributed by atoms with Crippen LogP contribution >= 0.6 is 0 Å². The molecule has 0 saturated carbocycles. The van der Waals surface area contributed by atoms with Crippen molar-refractivity contribution in [3.63, 3.8) is 0 Å². The van der Waals surface area contributed by atoms with Gasteiger partial charge in [-0.15, -0.1) is 0 Å². The summed E-state index contributed by atoms with van der Waals surface area (Å²) in [4.78, 5) is 17.4. The van der Waals surface area contributed by atoms with Gasteiger partial charge >= 0.3 is 0 Å². The summed E-state index contributed by atoms with van der Waals surface area (Å²) in [5.41, 5.74) is 2.64. The molecule has 4 nitrogen and oxygen atoms in total. The maximum absolute atomic E-state index is 12.8. The lowest BCUT2D eigenvalue weighted by molar-refractivity contribution is -0.138. The van der Waals surface area contributed by atoms with Crippen LogP contribution in [0, 0.1) is 5.92 Å². The number of amides is 1. The Morgan fingerprint density at radius 3 is 2.00 bits per heavy atom. The van der Waals surface area contributed by atoms with Crippen molar-refractivity contribution in [2.24, 2.45) is 5.92 Å². The Morgan fingerprint density at radius 2 is 1.48 bits per heavy atom. The molecule has 0 aliphatic carbocycles. The van der Waals surface area contributed by atoms with Crippen molar-refractivity contribution in [1.29, 1.82) is 0 Å². The molecule has 4 heteroatoms. The number of piperazine rings is 1. The number of rotatable bonds is 4. The van der Waals surface area contributed by atoms with Crippen molar-refractivity contribution < 1.29 is 4.79 Å². The van der Waals surface area contributed by atoms with E-state index in [0.717, 1.165) is 52.1 Å². The van der Waals surface area contributed by atoms with Gasteiger partial charge in [-0.25, -0.2) is 0 Å². The molecule has 27 heavy (non-hydrogen) atoms. The van der Waals surface area contributed by atoms with Gasteiger partial charge in [0.25, 0.3) is 0 Å². The van der Waals surface area contributed by atoms with Crippen LogP contribution in [0.5, 0.6) is 0 Å². The van der Waals surface area contributed by atoms with E-state index in [1.54, 1.807) is 0 Å². The minimum absolute atomic E-state index is 0.171. The summed E-state index contributed by atoms with van der Waals surface area (Å²) in [5, 5.41) is 3.37. The molecule has 0 aromatic heterocycles. The molecule has 0 spiro atoms. The zero-order valence-corrected chi connectivity index (χ0v) is 15.9. The summed E-state index contributed by atoms with van der Waals surface area (Å²) >= 11 is 0. The van der Waals surface area contributed by atoms with Gasteiger partial charge in [0.15, 0.2) is 0 Å². The highest BCUT2D eigenvalue weighted by atomic mass is 16.2. The number of benzene rings is 2. The first kappa shape index (κ1) is 18.2. The molecule has 2 saturated heterocycles. The maximum atomic E-state index is 12.8. The van der Waals surface area contributed by atoms with Crippen molar-refractivity contribution in [1.82, 2.24) is 15.1 Å². The van der Waals surface area contributed by atoms with Crippen molar-refractivity contribution in [3.05, 3.63) is 71.8 Å². The molecule has 142 valence electrons. The third kappa shape index (κ3) is 4.23. The number of hydrogen-bond acceptors (Lipinski definition) is 3. The number of hydrogen-bond donors (Lipinski definition) is 1. The van der Waals surface area contributed by atoms with Gasteiger partial charge in [0.05, 0.1) is 12.0 Å². The molecule has 0 bridgehead atoms. The van der Waals surface area contributed by atoms with Gasteiger partial charge in [-0.3, -0.25) is 9.69 Å². The fourth-order valence-electron chi connectivity index (χ4n) is 4.41. The maximum Gasteiger partial charge on any atom is 0.227 e. The van der Waals surface area contributed by atoms with E-state index in [0.29, 0.717) is 5.91 Å². The molecular weight excluding hydrogens is 334 g/mol. The van der Waals surface area contributed by atoms with Gasteiger partial charge in [0.2, 0.25) is 5.91 Å². The molecule has 0 radical (unpaired) electrons. The molecule has 1 amide bonds. The summed E-state index contributed by atoms with van der Waals surface area (Å²) in [6.07, 6.45) is 2.14. The van der Waals surface area contributed by atoms with Gasteiger partial charge in [-0.2, -0.15) is 0 Å². The number of nitrogens with zero attached hydrogens (tertiary/aromatic N) is 2. The van der Waals surface area contributed by atoms with E-state index in [2.05, 4.69) is 75.8 Å². The summed E-state index contributed by atoms with van der Waals surface area (Å²) in [6, 6.07) is 21.7. The fourth-order valence-corrected chi connectivity index (χ4v) is 4.41. The Kier molecular flexibility index (Phi) is 5.85. The Hall–Kier alpha value is -2.17. The summed E-state index contributed by atoms with van der Waals surface area (Å²) < 4.78 is 0. The predicted molar refractivity (Wildman–Crippen MR) is 108 cm³/mol. The average Bonchev–Trinajstić information content (AvgIpc) is 2.76. The molecule has 2 fully saturated rings. The Morgan fingerprint density at radius 1 is 0.889 bits per heavy atom. The zero-order valence-electron chi connectivity index (χ0n) is 15.9. The topological polar surface area (TPSA) is 35.6 Å². The fraction of sp³-hybridized carbons (Fsp3) is 0.435. The van der Waals surface area contributed by atoms with Crippen LogP contribution in [0.25, 0.3) is 0 Å². The van der Waals surface area contributed by atoms with E-state index in [1.807, 2.05) is 0 Å². The third-order valence-electron chi connectivity index (χ3n) is 5.87. The van der Waals surface area contributed by atoms with Gasteiger partial charge in [-0.1, -0.05) is 60.7 Å². The quantitative estimate of drug-likeness (QED) is 0.907. The first-order valence-corrected chi connectivity index (χ1v) is 10.2. The van der Waals surface area contributed by atoms with E-state index in [1.165, 1.54) is 11.1 Å². The largest absolute Gasteiger partial charge is 0.340 e. The second-order valence-corrected chi connectivity index (χ2v) is 7.63. The summed E-state index contributed by atoms with van der Waals surface area (Å²) in [6.45, 7) is 5.38. The lowest BCUT2D eigenvalue weighted by atomic mass is 9.95. The molecule has 2 aliphatic heterocycles. The van der Waals surface area contributed by atoms with E-state index in [9.17, 15) is 4.79 Å². The van der Waals surface area contributed by atoms with Crippen LogP contribution in [0.4, 0.5) is 0 Å². The van der Waals surface area contributed by atoms with Gasteiger partial charge < -0.3 is 10.2 Å². The number of nitrogens with one attached hydrogen (secondary N) is 1. The Bertz CT molecular complexity index is 680. The van der Waals surface area contributed by atoms with Crippen molar-refractivity contribution in [3.8, 4) is 0 Å². The highest BCUT2D eigenvalue weighted by molar-refractivity contribution is 5.79. The van der Waals surface area contributed by atoms with Gasteiger partial charge in [0, 0.05) is 32.7 Å². The molecular formula is C23H29N3O. The standard InChI is InChI=1S/C23H29N3O/c27-23(21-12-7-13-24-18-21)26-16-14-25(15-17-26)22(19-8-3-1-4-9-19)20-10-5-2-6-11-20/h1-6,8-11,21-22,24H,7,12-18H2. The van der Waals surface area contributed by atoms with Crippen LogP contribution in [0.1, 0.15) is 30.0 Å². The number of carbonyl (C=O) groups excluding carboxylic acids is 1. The lowest BCUT2D eigenvalue weighted by Crippen LogP contribution is -2.52. The molecule has 2 aliphatic rings. The smallest absolute Gasteiger partial charge is 0.227 e. The summed E-state index contributed by atoms with van der Waals surface area (Å²) in [5.74, 6) is 0.516. The minimum atomic E-state index is 0.171. The minimum Gasteiger partial charge on any atom is -0.340 e. The summed E-state index contributed by atoms with van der Waals surface area (Å²) in [7, 11) is 0. The van der Waals surface area contributed by atoms with Gasteiger partial charge in [0.1, 0.15) is 0 Å². The Balaban J connectivity index is 1.46. The second-order valence-electron chi connectivity index (χ2n) is 7.63. The van der Waals surface area contributed by atoms with Crippen molar-refractivity contribution in [2.75, 3.05) is 39.3 Å². The molecule has 2 heterocycles.